The van der Waals surface area contributed by atoms with E-state index in [4.69, 9.17) is 10.5 Å². The van der Waals surface area contributed by atoms with Crippen molar-refractivity contribution >= 4 is 11.8 Å². The van der Waals surface area contributed by atoms with Gasteiger partial charge in [0, 0.05) is 19.6 Å². The minimum atomic E-state index is -0.417. The van der Waals surface area contributed by atoms with Gasteiger partial charge in [0.05, 0.1) is 13.2 Å². The number of ether oxygens (including phenoxy) is 1. The molecule has 0 radical (unpaired) electrons. The normalized spacial score (nSPS) is 27.6. The lowest BCUT2D eigenvalue weighted by atomic mass is 10.0. The van der Waals surface area contributed by atoms with Crippen molar-refractivity contribution in [3.8, 4) is 0 Å². The first-order valence-corrected chi connectivity index (χ1v) is 5.54. The number of hydrogen-bond donors (Lipinski definition) is 1. The van der Waals surface area contributed by atoms with E-state index in [-0.39, 0.29) is 11.8 Å². The van der Waals surface area contributed by atoms with Gasteiger partial charge >= 0.3 is 0 Å². The van der Waals surface area contributed by atoms with Gasteiger partial charge in [0.15, 0.2) is 0 Å². The average molecular weight is 227 g/mol. The number of morpholine rings is 1. The van der Waals surface area contributed by atoms with Crippen molar-refractivity contribution in [1.29, 1.82) is 0 Å². The Kier molecular flexibility index (Phi) is 3.11. The molecule has 0 spiro atoms. The molecule has 2 aliphatic heterocycles. The molecule has 90 valence electrons. The third-order valence-corrected chi connectivity index (χ3v) is 3.14. The fraction of sp³-hybridized carbons (Fsp3) is 0.800. The number of amides is 2. The van der Waals surface area contributed by atoms with Crippen LogP contribution in [0.2, 0.25) is 0 Å². The maximum absolute atomic E-state index is 12.0. The highest BCUT2D eigenvalue weighted by Gasteiger charge is 2.40. The van der Waals surface area contributed by atoms with Crippen molar-refractivity contribution < 1.29 is 14.3 Å². The van der Waals surface area contributed by atoms with E-state index >= 15 is 0 Å². The fourth-order valence-corrected chi connectivity index (χ4v) is 2.01. The van der Waals surface area contributed by atoms with Crippen LogP contribution in [0.25, 0.3) is 0 Å². The number of hydrogen-bond acceptors (Lipinski definition) is 4. The molecule has 0 aliphatic carbocycles. The van der Waals surface area contributed by atoms with Gasteiger partial charge in [-0.25, -0.2) is 0 Å². The van der Waals surface area contributed by atoms with Gasteiger partial charge in [-0.05, 0) is 6.92 Å². The summed E-state index contributed by atoms with van der Waals surface area (Å²) >= 11 is 0. The number of nitrogens with zero attached hydrogens (tertiary/aromatic N) is 2. The average Bonchev–Trinajstić information content (AvgIpc) is 2.34. The summed E-state index contributed by atoms with van der Waals surface area (Å²) in [6.07, 6.45) is 0. The van der Waals surface area contributed by atoms with Gasteiger partial charge in [0.1, 0.15) is 12.1 Å². The fourth-order valence-electron chi connectivity index (χ4n) is 2.01. The number of rotatable bonds is 2. The van der Waals surface area contributed by atoms with Gasteiger partial charge in [-0.3, -0.25) is 9.59 Å². The van der Waals surface area contributed by atoms with Crippen molar-refractivity contribution in [3.63, 3.8) is 0 Å². The van der Waals surface area contributed by atoms with Gasteiger partial charge in [-0.2, -0.15) is 0 Å². The van der Waals surface area contributed by atoms with E-state index in [9.17, 15) is 9.59 Å². The zero-order valence-corrected chi connectivity index (χ0v) is 9.39. The maximum atomic E-state index is 12.0. The van der Waals surface area contributed by atoms with Crippen molar-refractivity contribution in [2.75, 3.05) is 32.8 Å². The largest absolute Gasteiger partial charge is 0.378 e. The molecule has 0 bridgehead atoms. The molecule has 2 aliphatic rings. The molecule has 2 N–H and O–H groups in total. The van der Waals surface area contributed by atoms with E-state index in [2.05, 4.69) is 0 Å². The Hall–Kier alpha value is -1.14. The number of nitrogens with two attached hydrogens (primary N) is 1. The van der Waals surface area contributed by atoms with Gasteiger partial charge in [-0.1, -0.05) is 0 Å². The predicted molar refractivity (Wildman–Crippen MR) is 56.5 cm³/mol. The molecule has 0 aromatic carbocycles. The van der Waals surface area contributed by atoms with E-state index in [1.807, 2.05) is 0 Å². The lowest BCUT2D eigenvalue weighted by molar-refractivity contribution is -0.155. The topological polar surface area (TPSA) is 75.9 Å². The molecule has 2 unspecified atom stereocenters. The molecule has 6 nitrogen and oxygen atoms in total. The van der Waals surface area contributed by atoms with Gasteiger partial charge in [0.2, 0.25) is 11.8 Å². The van der Waals surface area contributed by atoms with E-state index in [1.165, 1.54) is 4.90 Å². The third-order valence-electron chi connectivity index (χ3n) is 3.14. The number of carbonyl (C=O) groups excluding carboxylic acids is 2. The Morgan fingerprint density at radius 2 is 2.12 bits per heavy atom. The Morgan fingerprint density at radius 1 is 1.50 bits per heavy atom. The van der Waals surface area contributed by atoms with Crippen molar-refractivity contribution in [2.24, 2.45) is 5.73 Å². The third kappa shape index (κ3) is 1.90. The molecule has 6 heteroatoms. The van der Waals surface area contributed by atoms with E-state index in [1.54, 1.807) is 11.8 Å². The van der Waals surface area contributed by atoms with Gasteiger partial charge in [0.25, 0.3) is 0 Å². The molecule has 2 amide bonds. The highest BCUT2D eigenvalue weighted by Crippen LogP contribution is 2.15. The lowest BCUT2D eigenvalue weighted by Gasteiger charge is -2.41. The lowest BCUT2D eigenvalue weighted by Crippen LogP contribution is -2.66. The standard InChI is InChI=1S/C10H17N3O3/c1-7(13-6-8(11)10(13)15)9(14)12-2-4-16-5-3-12/h7-8H,2-6,11H2,1H3. The summed E-state index contributed by atoms with van der Waals surface area (Å²) in [6.45, 7) is 4.60. The van der Waals surface area contributed by atoms with Gasteiger partial charge in [-0.15, -0.1) is 0 Å². The zero-order valence-electron chi connectivity index (χ0n) is 9.39. The first kappa shape index (κ1) is 11.3. The summed E-state index contributed by atoms with van der Waals surface area (Å²) in [5.41, 5.74) is 5.49. The van der Waals surface area contributed by atoms with Crippen molar-refractivity contribution in [2.45, 2.75) is 19.0 Å². The minimum absolute atomic E-state index is 0.0106. The summed E-state index contributed by atoms with van der Waals surface area (Å²) in [7, 11) is 0. The second-order valence-corrected chi connectivity index (χ2v) is 4.21. The molecular weight excluding hydrogens is 210 g/mol. The second kappa shape index (κ2) is 4.39. The van der Waals surface area contributed by atoms with Crippen LogP contribution in [0.5, 0.6) is 0 Å². The molecule has 2 rings (SSSR count). The van der Waals surface area contributed by atoms with Crippen LogP contribution in [0.1, 0.15) is 6.92 Å². The second-order valence-electron chi connectivity index (χ2n) is 4.21. The van der Waals surface area contributed by atoms with Crippen molar-refractivity contribution in [3.05, 3.63) is 0 Å². The van der Waals surface area contributed by atoms with Gasteiger partial charge < -0.3 is 20.3 Å². The molecule has 2 heterocycles. The molecule has 2 saturated heterocycles. The summed E-state index contributed by atoms with van der Waals surface area (Å²) in [5, 5.41) is 0. The van der Waals surface area contributed by atoms with Crippen LogP contribution in [0.3, 0.4) is 0 Å². The Labute approximate surface area is 94.3 Å². The SMILES string of the molecule is CC(C(=O)N1CCOCC1)N1CC(N)C1=O. The highest BCUT2D eigenvalue weighted by molar-refractivity contribution is 5.93. The van der Waals surface area contributed by atoms with Crippen LogP contribution in [0, 0.1) is 0 Å². The Morgan fingerprint density at radius 3 is 2.62 bits per heavy atom. The number of likely N-dealkylation sites (tertiary alicyclic amines) is 1. The predicted octanol–water partition coefficient (Wildman–Crippen LogP) is -1.60. The van der Waals surface area contributed by atoms with Crippen LogP contribution >= 0.6 is 0 Å². The van der Waals surface area contributed by atoms with Crippen LogP contribution in [-0.4, -0.2) is 66.5 Å². The molecular formula is C10H17N3O3. The number of carbonyl (C=O) groups is 2. The Bertz CT molecular complexity index is 302. The van der Waals surface area contributed by atoms with Crippen molar-refractivity contribution in [1.82, 2.24) is 9.80 Å². The summed E-state index contributed by atoms with van der Waals surface area (Å²) in [4.78, 5) is 26.7. The zero-order chi connectivity index (χ0) is 11.7. The first-order valence-electron chi connectivity index (χ1n) is 5.54. The molecule has 0 saturated carbocycles. The molecule has 2 fully saturated rings. The van der Waals surface area contributed by atoms with Crippen LogP contribution in [0.15, 0.2) is 0 Å². The summed E-state index contributed by atoms with van der Waals surface area (Å²) in [5.74, 6) is -0.141. The van der Waals surface area contributed by atoms with E-state index in [0.29, 0.717) is 32.8 Å². The maximum Gasteiger partial charge on any atom is 0.245 e. The molecule has 16 heavy (non-hydrogen) atoms. The van der Waals surface area contributed by atoms with Crippen LogP contribution in [-0.2, 0) is 14.3 Å². The highest BCUT2D eigenvalue weighted by atomic mass is 16.5. The monoisotopic (exact) mass is 227 g/mol. The molecule has 2 atom stereocenters. The first-order chi connectivity index (χ1) is 7.61. The smallest absolute Gasteiger partial charge is 0.245 e. The van der Waals surface area contributed by atoms with E-state index < -0.39 is 12.1 Å². The van der Waals surface area contributed by atoms with E-state index in [0.717, 1.165) is 0 Å². The van der Waals surface area contributed by atoms with Crippen LogP contribution in [0.4, 0.5) is 0 Å². The number of β-lactam (4-membered cyclic amide) rings is 1. The molecule has 0 aromatic heterocycles. The minimum Gasteiger partial charge on any atom is -0.378 e. The summed E-state index contributed by atoms with van der Waals surface area (Å²) in [6, 6.07) is -0.815. The Balaban J connectivity index is 1.91. The quantitative estimate of drug-likeness (QED) is 0.577. The summed E-state index contributed by atoms with van der Waals surface area (Å²) < 4.78 is 5.17. The van der Waals surface area contributed by atoms with Crippen LogP contribution < -0.4 is 5.73 Å². The molecule has 0 aromatic rings.